The second-order valence-corrected chi connectivity index (χ2v) is 5.21. The van der Waals surface area contributed by atoms with Gasteiger partial charge >= 0.3 is 0 Å². The number of nitrogens with zero attached hydrogens (tertiary/aromatic N) is 1. The van der Waals surface area contributed by atoms with Crippen LogP contribution in [-0.4, -0.2) is 10.1 Å². The third-order valence-electron chi connectivity index (χ3n) is 3.25. The van der Waals surface area contributed by atoms with Crippen LogP contribution in [0.3, 0.4) is 0 Å². The van der Waals surface area contributed by atoms with Crippen LogP contribution in [0.15, 0.2) is 54.7 Å². The molecule has 0 saturated heterocycles. The summed E-state index contributed by atoms with van der Waals surface area (Å²) < 4.78 is 5.88. The van der Waals surface area contributed by atoms with Gasteiger partial charge in [0.2, 0.25) is 0 Å². The minimum atomic E-state index is -0.559. The highest BCUT2D eigenvalue weighted by molar-refractivity contribution is 6.32. The molecule has 4 heteroatoms. The van der Waals surface area contributed by atoms with Crippen molar-refractivity contribution >= 4 is 22.5 Å². The lowest BCUT2D eigenvalue weighted by Gasteiger charge is -2.11. The maximum absolute atomic E-state index is 9.56. The average molecular weight is 300 g/mol. The van der Waals surface area contributed by atoms with Gasteiger partial charge in [-0.05, 0) is 36.8 Å². The van der Waals surface area contributed by atoms with Gasteiger partial charge in [0.25, 0.3) is 0 Å². The normalized spacial score (nSPS) is 12.3. The van der Waals surface area contributed by atoms with Crippen molar-refractivity contribution in [2.24, 2.45) is 0 Å². The molecule has 3 rings (SSSR count). The Morgan fingerprint density at radius 2 is 1.90 bits per heavy atom. The third kappa shape index (κ3) is 2.84. The third-order valence-corrected chi connectivity index (χ3v) is 3.55. The SMILES string of the molecule is CC(O)c1ccc(Oc2cccc3cccnc23)c(Cl)c1. The summed E-state index contributed by atoms with van der Waals surface area (Å²) in [5.74, 6) is 1.19. The maximum atomic E-state index is 9.56. The molecular formula is C17H14ClNO2. The summed E-state index contributed by atoms with van der Waals surface area (Å²) in [6.07, 6.45) is 1.17. The molecule has 21 heavy (non-hydrogen) atoms. The molecule has 1 atom stereocenters. The lowest BCUT2D eigenvalue weighted by molar-refractivity contribution is 0.199. The summed E-state index contributed by atoms with van der Waals surface area (Å²) in [5.41, 5.74) is 1.54. The summed E-state index contributed by atoms with van der Waals surface area (Å²) in [4.78, 5) is 4.34. The van der Waals surface area contributed by atoms with Gasteiger partial charge in [-0.15, -0.1) is 0 Å². The standard InChI is InChI=1S/C17H14ClNO2/c1-11(20)13-7-8-15(14(18)10-13)21-16-6-2-4-12-5-3-9-19-17(12)16/h2-11,20H,1H3. The molecule has 1 unspecified atom stereocenters. The first-order valence-electron chi connectivity index (χ1n) is 6.64. The average Bonchev–Trinajstić information content (AvgIpc) is 2.49. The van der Waals surface area contributed by atoms with E-state index in [0.717, 1.165) is 16.5 Å². The molecule has 0 aliphatic carbocycles. The van der Waals surface area contributed by atoms with E-state index in [1.165, 1.54) is 0 Å². The molecule has 1 aromatic heterocycles. The monoisotopic (exact) mass is 299 g/mol. The summed E-state index contributed by atoms with van der Waals surface area (Å²) in [6, 6.07) is 14.9. The summed E-state index contributed by atoms with van der Waals surface area (Å²) in [5, 5.41) is 11.0. The molecule has 0 spiro atoms. The first-order valence-corrected chi connectivity index (χ1v) is 7.02. The quantitative estimate of drug-likeness (QED) is 0.760. The van der Waals surface area contributed by atoms with Crippen LogP contribution in [0.1, 0.15) is 18.6 Å². The number of aliphatic hydroxyl groups is 1. The fourth-order valence-corrected chi connectivity index (χ4v) is 2.36. The second-order valence-electron chi connectivity index (χ2n) is 4.80. The maximum Gasteiger partial charge on any atom is 0.153 e. The zero-order chi connectivity index (χ0) is 14.8. The lowest BCUT2D eigenvalue weighted by Crippen LogP contribution is -1.93. The van der Waals surface area contributed by atoms with Crippen molar-refractivity contribution in [3.63, 3.8) is 0 Å². The number of para-hydroxylation sites is 1. The van der Waals surface area contributed by atoms with Crippen LogP contribution in [0.5, 0.6) is 11.5 Å². The highest BCUT2D eigenvalue weighted by atomic mass is 35.5. The first kappa shape index (κ1) is 13.9. The molecule has 0 saturated carbocycles. The summed E-state index contributed by atoms with van der Waals surface area (Å²) in [7, 11) is 0. The van der Waals surface area contributed by atoms with Crippen LogP contribution >= 0.6 is 11.6 Å². The number of benzene rings is 2. The Labute approximate surface area is 127 Å². The molecule has 1 heterocycles. The van der Waals surface area contributed by atoms with Crippen molar-refractivity contribution < 1.29 is 9.84 Å². The van der Waals surface area contributed by atoms with Crippen LogP contribution in [0.25, 0.3) is 10.9 Å². The van der Waals surface area contributed by atoms with Gasteiger partial charge in [-0.2, -0.15) is 0 Å². The van der Waals surface area contributed by atoms with Crippen molar-refractivity contribution in [3.05, 3.63) is 65.3 Å². The Balaban J connectivity index is 1.99. The first-order chi connectivity index (χ1) is 10.1. The van der Waals surface area contributed by atoms with Crippen LogP contribution in [0.2, 0.25) is 5.02 Å². The van der Waals surface area contributed by atoms with E-state index in [-0.39, 0.29) is 0 Å². The number of rotatable bonds is 3. The van der Waals surface area contributed by atoms with E-state index in [1.807, 2.05) is 30.3 Å². The highest BCUT2D eigenvalue weighted by Crippen LogP contribution is 2.34. The van der Waals surface area contributed by atoms with E-state index in [4.69, 9.17) is 16.3 Å². The molecule has 0 aliphatic rings. The molecule has 0 bridgehead atoms. The van der Waals surface area contributed by atoms with Crippen LogP contribution in [0.4, 0.5) is 0 Å². The molecule has 3 nitrogen and oxygen atoms in total. The van der Waals surface area contributed by atoms with Gasteiger partial charge in [0.15, 0.2) is 5.75 Å². The molecule has 106 valence electrons. The van der Waals surface area contributed by atoms with Crippen LogP contribution in [0, 0.1) is 0 Å². The van der Waals surface area contributed by atoms with Gasteiger partial charge in [0.05, 0.1) is 11.1 Å². The Bertz CT molecular complexity index is 781. The highest BCUT2D eigenvalue weighted by Gasteiger charge is 2.09. The molecule has 0 aliphatic heterocycles. The van der Waals surface area contributed by atoms with Gasteiger partial charge < -0.3 is 9.84 Å². The van der Waals surface area contributed by atoms with Crippen molar-refractivity contribution in [2.45, 2.75) is 13.0 Å². The summed E-state index contributed by atoms with van der Waals surface area (Å²) >= 11 is 6.22. The Kier molecular flexibility index (Phi) is 3.78. The number of aromatic nitrogens is 1. The van der Waals surface area contributed by atoms with Crippen molar-refractivity contribution in [1.29, 1.82) is 0 Å². The number of hydrogen-bond donors (Lipinski definition) is 1. The fourth-order valence-electron chi connectivity index (χ4n) is 2.14. The van der Waals surface area contributed by atoms with Gasteiger partial charge in [-0.1, -0.05) is 35.9 Å². The minimum absolute atomic E-state index is 0.460. The van der Waals surface area contributed by atoms with Crippen molar-refractivity contribution in [1.82, 2.24) is 4.98 Å². The number of pyridine rings is 1. The van der Waals surface area contributed by atoms with E-state index in [1.54, 1.807) is 31.3 Å². The fraction of sp³-hybridized carbons (Fsp3) is 0.118. The zero-order valence-electron chi connectivity index (χ0n) is 11.5. The number of halogens is 1. The number of aliphatic hydroxyl groups excluding tert-OH is 1. The second kappa shape index (κ2) is 5.72. The predicted molar refractivity (Wildman–Crippen MR) is 83.9 cm³/mol. The lowest BCUT2D eigenvalue weighted by atomic mass is 10.1. The minimum Gasteiger partial charge on any atom is -0.454 e. The van der Waals surface area contributed by atoms with E-state index < -0.39 is 6.10 Å². The van der Waals surface area contributed by atoms with Gasteiger partial charge in [-0.3, -0.25) is 4.98 Å². The van der Waals surface area contributed by atoms with E-state index >= 15 is 0 Å². The van der Waals surface area contributed by atoms with Crippen LogP contribution < -0.4 is 4.74 Å². The molecule has 1 N–H and O–H groups in total. The molecule has 2 aromatic carbocycles. The predicted octanol–water partition coefficient (Wildman–Crippen LogP) is 4.73. The largest absolute Gasteiger partial charge is 0.454 e. The smallest absolute Gasteiger partial charge is 0.153 e. The van der Waals surface area contributed by atoms with Crippen molar-refractivity contribution in [3.8, 4) is 11.5 Å². The van der Waals surface area contributed by atoms with Crippen LogP contribution in [-0.2, 0) is 0 Å². The van der Waals surface area contributed by atoms with E-state index in [9.17, 15) is 5.11 Å². The Morgan fingerprint density at radius 1 is 1.10 bits per heavy atom. The molecule has 0 radical (unpaired) electrons. The zero-order valence-corrected chi connectivity index (χ0v) is 12.2. The summed E-state index contributed by atoms with van der Waals surface area (Å²) in [6.45, 7) is 1.70. The molecular weight excluding hydrogens is 286 g/mol. The Morgan fingerprint density at radius 3 is 2.67 bits per heavy atom. The van der Waals surface area contributed by atoms with Crippen molar-refractivity contribution in [2.75, 3.05) is 0 Å². The molecule has 0 fully saturated rings. The number of ether oxygens (including phenoxy) is 1. The number of hydrogen-bond acceptors (Lipinski definition) is 3. The van der Waals surface area contributed by atoms with Gasteiger partial charge in [-0.25, -0.2) is 0 Å². The Hall–Kier alpha value is -2.10. The van der Waals surface area contributed by atoms with Gasteiger partial charge in [0.1, 0.15) is 11.3 Å². The topological polar surface area (TPSA) is 42.4 Å². The number of fused-ring (bicyclic) bond motifs is 1. The van der Waals surface area contributed by atoms with E-state index in [2.05, 4.69) is 4.98 Å². The van der Waals surface area contributed by atoms with E-state index in [0.29, 0.717) is 16.5 Å². The molecule has 3 aromatic rings. The van der Waals surface area contributed by atoms with Gasteiger partial charge in [0, 0.05) is 11.6 Å². The molecule has 0 amide bonds.